The van der Waals surface area contributed by atoms with Crippen molar-refractivity contribution >= 4 is 32.6 Å². The monoisotopic (exact) mass is 559 g/mol. The zero-order valence-electron chi connectivity index (χ0n) is 24.7. The minimum Gasteiger partial charge on any atom is -0.309 e. The molecule has 0 fully saturated rings. The van der Waals surface area contributed by atoms with Gasteiger partial charge in [0.2, 0.25) is 0 Å². The van der Waals surface area contributed by atoms with Crippen LogP contribution in [0.15, 0.2) is 140 Å². The van der Waals surface area contributed by atoms with Crippen LogP contribution in [0.5, 0.6) is 0 Å². The summed E-state index contributed by atoms with van der Waals surface area (Å²) in [6, 6.07) is 52.0. The Kier molecular flexibility index (Phi) is 4.58. The quantitative estimate of drug-likeness (QED) is 0.198. The van der Waals surface area contributed by atoms with Gasteiger partial charge in [0.15, 0.2) is 0 Å². The maximum absolute atomic E-state index is 2.46. The molecule has 10 rings (SSSR count). The Morgan fingerprint density at radius 3 is 1.86 bits per heavy atom. The lowest BCUT2D eigenvalue weighted by molar-refractivity contribution is 0.661. The van der Waals surface area contributed by atoms with Crippen molar-refractivity contribution < 1.29 is 0 Å². The summed E-state index contributed by atoms with van der Waals surface area (Å²) < 4.78 is 2.46. The molecule has 0 atom stereocenters. The second-order valence-corrected chi connectivity index (χ2v) is 12.9. The largest absolute Gasteiger partial charge is 0.309 e. The molecular weight excluding hydrogens is 530 g/mol. The molecule has 206 valence electrons. The molecule has 7 aromatic carbocycles. The van der Waals surface area contributed by atoms with Crippen LogP contribution in [-0.4, -0.2) is 4.57 Å². The van der Waals surface area contributed by atoms with E-state index in [-0.39, 0.29) is 5.41 Å². The molecule has 0 amide bonds. The second-order valence-electron chi connectivity index (χ2n) is 12.9. The highest BCUT2D eigenvalue weighted by atomic mass is 15.0. The van der Waals surface area contributed by atoms with Crippen LogP contribution >= 0.6 is 0 Å². The first kappa shape index (κ1) is 24.1. The molecule has 0 radical (unpaired) electrons. The van der Waals surface area contributed by atoms with Gasteiger partial charge in [0.1, 0.15) is 0 Å². The molecule has 1 nitrogen and oxygen atoms in total. The summed E-state index contributed by atoms with van der Waals surface area (Å²) in [6.07, 6.45) is 0. The Labute approximate surface area is 256 Å². The van der Waals surface area contributed by atoms with Crippen molar-refractivity contribution in [1.82, 2.24) is 4.57 Å². The van der Waals surface area contributed by atoms with Crippen LogP contribution in [-0.2, 0) is 5.41 Å². The van der Waals surface area contributed by atoms with Crippen molar-refractivity contribution in [3.63, 3.8) is 0 Å². The van der Waals surface area contributed by atoms with Gasteiger partial charge >= 0.3 is 0 Å². The van der Waals surface area contributed by atoms with Crippen molar-refractivity contribution in [3.05, 3.63) is 151 Å². The molecule has 1 heteroatoms. The number of hydrogen-bond donors (Lipinski definition) is 0. The predicted octanol–water partition coefficient (Wildman–Crippen LogP) is 11.6. The zero-order chi connectivity index (χ0) is 29.2. The minimum atomic E-state index is -0.0410. The van der Waals surface area contributed by atoms with E-state index in [0.29, 0.717) is 0 Å². The molecule has 2 aliphatic rings. The maximum Gasteiger partial charge on any atom is 0.0544 e. The van der Waals surface area contributed by atoms with Crippen molar-refractivity contribution in [1.29, 1.82) is 0 Å². The van der Waals surface area contributed by atoms with Crippen LogP contribution in [0, 0.1) is 0 Å². The number of fused-ring (bicyclic) bond motifs is 9. The first-order chi connectivity index (χ1) is 21.6. The van der Waals surface area contributed by atoms with E-state index in [2.05, 4.69) is 158 Å². The van der Waals surface area contributed by atoms with Gasteiger partial charge in [0, 0.05) is 21.9 Å². The molecular formula is C43H29N. The molecule has 1 heterocycles. The van der Waals surface area contributed by atoms with E-state index >= 15 is 0 Å². The predicted molar refractivity (Wildman–Crippen MR) is 186 cm³/mol. The third-order valence-electron chi connectivity index (χ3n) is 10.4. The molecule has 0 spiro atoms. The lowest BCUT2D eigenvalue weighted by atomic mass is 9.82. The van der Waals surface area contributed by atoms with Crippen molar-refractivity contribution in [2.75, 3.05) is 0 Å². The Morgan fingerprint density at radius 1 is 0.409 bits per heavy atom. The Bertz CT molecular complexity index is 2480. The van der Waals surface area contributed by atoms with Gasteiger partial charge in [0.25, 0.3) is 0 Å². The topological polar surface area (TPSA) is 4.93 Å². The van der Waals surface area contributed by atoms with Gasteiger partial charge in [-0.3, -0.25) is 0 Å². The molecule has 0 unspecified atom stereocenters. The Balaban J connectivity index is 1.16. The average molecular weight is 560 g/mol. The number of nitrogens with zero attached hydrogens (tertiary/aromatic N) is 1. The molecule has 0 bridgehead atoms. The van der Waals surface area contributed by atoms with Gasteiger partial charge in [-0.1, -0.05) is 123 Å². The normalized spacial score (nSPS) is 13.9. The molecule has 1 aromatic heterocycles. The fourth-order valence-electron chi connectivity index (χ4n) is 8.29. The third-order valence-corrected chi connectivity index (χ3v) is 10.4. The van der Waals surface area contributed by atoms with E-state index in [1.165, 1.54) is 93.9 Å². The first-order valence-electron chi connectivity index (χ1n) is 15.5. The van der Waals surface area contributed by atoms with E-state index in [0.717, 1.165) is 0 Å². The summed E-state index contributed by atoms with van der Waals surface area (Å²) in [5.74, 6) is 0. The van der Waals surface area contributed by atoms with E-state index < -0.39 is 0 Å². The molecule has 2 aliphatic carbocycles. The number of para-hydroxylation sites is 1. The number of rotatable bonds is 2. The van der Waals surface area contributed by atoms with Gasteiger partial charge in [0.05, 0.1) is 11.0 Å². The van der Waals surface area contributed by atoms with Crippen molar-refractivity contribution in [2.24, 2.45) is 0 Å². The van der Waals surface area contributed by atoms with Crippen LogP contribution in [0.2, 0.25) is 0 Å². The van der Waals surface area contributed by atoms with Gasteiger partial charge < -0.3 is 4.57 Å². The van der Waals surface area contributed by atoms with Crippen LogP contribution < -0.4 is 0 Å². The van der Waals surface area contributed by atoms with E-state index in [4.69, 9.17) is 0 Å². The zero-order valence-corrected chi connectivity index (χ0v) is 24.7. The molecule has 0 aliphatic heterocycles. The summed E-state index contributed by atoms with van der Waals surface area (Å²) in [7, 11) is 0. The van der Waals surface area contributed by atoms with Gasteiger partial charge in [-0.15, -0.1) is 0 Å². The maximum atomic E-state index is 2.46. The molecule has 0 N–H and O–H groups in total. The number of benzene rings is 7. The Hall–Kier alpha value is -5.40. The average Bonchev–Trinajstić information content (AvgIpc) is 3.65. The summed E-state index contributed by atoms with van der Waals surface area (Å²) in [6.45, 7) is 4.73. The fourth-order valence-corrected chi connectivity index (χ4v) is 8.29. The summed E-state index contributed by atoms with van der Waals surface area (Å²) in [5, 5.41) is 5.29. The first-order valence-corrected chi connectivity index (χ1v) is 15.5. The Morgan fingerprint density at radius 2 is 1.05 bits per heavy atom. The highest BCUT2D eigenvalue weighted by Gasteiger charge is 2.36. The smallest absolute Gasteiger partial charge is 0.0544 e. The highest BCUT2D eigenvalue weighted by molar-refractivity contribution is 6.18. The number of hydrogen-bond acceptors (Lipinski definition) is 0. The summed E-state index contributed by atoms with van der Waals surface area (Å²) in [4.78, 5) is 0. The van der Waals surface area contributed by atoms with Crippen LogP contribution in [0.3, 0.4) is 0 Å². The lowest BCUT2D eigenvalue weighted by Gasteiger charge is -2.21. The standard InChI is InChI=1S/C43H29N/c1-43(2)38-16-7-5-12-31(38)36-24-37-32-13-6-8-17-40(32)44(41(37)25-39(36)43)27-20-18-26(19-21-27)28-22-23-35-30-11-4-3-10-29(30)34-15-9-14-33(28)42(34)35/h3-25H,1-2H3. The van der Waals surface area contributed by atoms with Gasteiger partial charge in [-0.25, -0.2) is 0 Å². The SMILES string of the molecule is CC1(C)c2ccccc2-c2cc3c4ccccc4n(-c4ccc(-c5ccc6c7c(cccc57)-c5ccccc5-6)cc4)c3cc21. The summed E-state index contributed by atoms with van der Waals surface area (Å²) >= 11 is 0. The lowest BCUT2D eigenvalue weighted by Crippen LogP contribution is -2.14. The summed E-state index contributed by atoms with van der Waals surface area (Å²) in [5.41, 5.74) is 17.1. The van der Waals surface area contributed by atoms with E-state index in [1.807, 2.05) is 0 Å². The number of aromatic nitrogens is 1. The van der Waals surface area contributed by atoms with E-state index in [9.17, 15) is 0 Å². The molecule has 8 aromatic rings. The minimum absolute atomic E-state index is 0.0410. The van der Waals surface area contributed by atoms with Gasteiger partial charge in [-0.05, 0) is 96.7 Å². The van der Waals surface area contributed by atoms with Gasteiger partial charge in [-0.2, -0.15) is 0 Å². The van der Waals surface area contributed by atoms with Crippen LogP contribution in [0.4, 0.5) is 0 Å². The molecule has 0 saturated heterocycles. The van der Waals surface area contributed by atoms with E-state index in [1.54, 1.807) is 0 Å². The van der Waals surface area contributed by atoms with Crippen molar-refractivity contribution in [2.45, 2.75) is 19.3 Å². The highest BCUT2D eigenvalue weighted by Crippen LogP contribution is 2.52. The van der Waals surface area contributed by atoms with Crippen molar-refractivity contribution in [3.8, 4) is 50.2 Å². The van der Waals surface area contributed by atoms with Crippen LogP contribution in [0.1, 0.15) is 25.0 Å². The fraction of sp³-hybridized carbons (Fsp3) is 0.0698. The second kappa shape index (κ2) is 8.36. The molecule has 0 saturated carbocycles. The molecule has 44 heavy (non-hydrogen) atoms. The van der Waals surface area contributed by atoms with Crippen LogP contribution in [0.25, 0.3) is 82.8 Å². The third kappa shape index (κ3) is 2.99.